The molecule has 0 spiro atoms. The topological polar surface area (TPSA) is 49.6 Å². The van der Waals surface area contributed by atoms with E-state index in [9.17, 15) is 4.79 Å². The van der Waals surface area contributed by atoms with E-state index in [1.54, 1.807) is 0 Å². The van der Waals surface area contributed by atoms with Gasteiger partial charge in [0.1, 0.15) is 0 Å². The number of rotatable bonds is 4. The van der Waals surface area contributed by atoms with Crippen LogP contribution in [0.3, 0.4) is 0 Å². The van der Waals surface area contributed by atoms with Crippen LogP contribution in [0.15, 0.2) is 0 Å². The van der Waals surface area contributed by atoms with Crippen molar-refractivity contribution in [1.82, 2.24) is 9.80 Å². The monoisotopic (exact) mass is 227 g/mol. The van der Waals surface area contributed by atoms with Crippen LogP contribution in [-0.2, 0) is 4.79 Å². The highest BCUT2D eigenvalue weighted by Gasteiger charge is 2.26. The molecular formula is C12H25N3O. The van der Waals surface area contributed by atoms with Crippen molar-refractivity contribution in [2.45, 2.75) is 32.2 Å². The smallest absolute Gasteiger partial charge is 0.225 e. The van der Waals surface area contributed by atoms with Crippen LogP contribution in [-0.4, -0.2) is 55.5 Å². The lowest BCUT2D eigenvalue weighted by atomic mass is 10.0. The maximum Gasteiger partial charge on any atom is 0.225 e. The van der Waals surface area contributed by atoms with Gasteiger partial charge in [-0.25, -0.2) is 0 Å². The van der Waals surface area contributed by atoms with E-state index >= 15 is 0 Å². The molecule has 1 heterocycles. The van der Waals surface area contributed by atoms with Crippen molar-refractivity contribution in [1.29, 1.82) is 0 Å². The average Bonchev–Trinajstić information content (AvgIpc) is 2.28. The number of carbonyl (C=O) groups excluding carboxylic acids is 1. The third kappa shape index (κ3) is 3.46. The fourth-order valence-corrected chi connectivity index (χ4v) is 2.28. The minimum absolute atomic E-state index is 0.0645. The first-order valence-corrected chi connectivity index (χ1v) is 6.21. The molecular weight excluding hydrogens is 202 g/mol. The Morgan fingerprint density at radius 2 is 2.06 bits per heavy atom. The summed E-state index contributed by atoms with van der Waals surface area (Å²) in [5.41, 5.74) is 5.49. The molecule has 0 aliphatic carbocycles. The van der Waals surface area contributed by atoms with Gasteiger partial charge in [0.25, 0.3) is 0 Å². The van der Waals surface area contributed by atoms with E-state index in [4.69, 9.17) is 5.73 Å². The first kappa shape index (κ1) is 13.5. The maximum atomic E-state index is 12.1. The number of hydrogen-bond acceptors (Lipinski definition) is 3. The lowest BCUT2D eigenvalue weighted by molar-refractivity contribution is -0.136. The SMILES string of the molecule is CC(CCN)C(=O)N(C)C1CCN(C)CC1. The molecule has 1 atom stereocenters. The number of amides is 1. The van der Waals surface area contributed by atoms with Crippen LogP contribution in [0.1, 0.15) is 26.2 Å². The molecule has 1 aliphatic rings. The standard InChI is InChI=1S/C12H25N3O/c1-10(4-7-13)12(16)15(3)11-5-8-14(2)9-6-11/h10-11H,4-9,13H2,1-3H3. The number of hydrogen-bond donors (Lipinski definition) is 1. The number of nitrogens with two attached hydrogens (primary N) is 1. The molecule has 94 valence electrons. The molecule has 0 radical (unpaired) electrons. The summed E-state index contributed by atoms with van der Waals surface area (Å²) in [6, 6.07) is 0.420. The summed E-state index contributed by atoms with van der Waals surface area (Å²) in [5, 5.41) is 0. The first-order valence-electron chi connectivity index (χ1n) is 6.21. The van der Waals surface area contributed by atoms with Crippen LogP contribution in [0, 0.1) is 5.92 Å². The Kier molecular flexibility index (Phi) is 5.22. The van der Waals surface area contributed by atoms with Crippen molar-refractivity contribution in [2.24, 2.45) is 11.7 Å². The highest BCUT2D eigenvalue weighted by molar-refractivity contribution is 5.78. The zero-order chi connectivity index (χ0) is 12.1. The Balaban J connectivity index is 2.44. The summed E-state index contributed by atoms with van der Waals surface area (Å²) in [4.78, 5) is 16.3. The number of piperidine rings is 1. The molecule has 0 saturated carbocycles. The summed E-state index contributed by atoms with van der Waals surface area (Å²) >= 11 is 0. The Morgan fingerprint density at radius 1 is 1.50 bits per heavy atom. The second kappa shape index (κ2) is 6.21. The number of nitrogens with zero attached hydrogens (tertiary/aromatic N) is 2. The van der Waals surface area contributed by atoms with Gasteiger partial charge in [0, 0.05) is 19.0 Å². The third-order valence-corrected chi connectivity index (χ3v) is 3.60. The Bertz CT molecular complexity index is 224. The van der Waals surface area contributed by atoms with Crippen molar-refractivity contribution in [2.75, 3.05) is 33.7 Å². The van der Waals surface area contributed by atoms with Crippen molar-refractivity contribution in [3.8, 4) is 0 Å². The van der Waals surface area contributed by atoms with Crippen LogP contribution in [0.25, 0.3) is 0 Å². The van der Waals surface area contributed by atoms with Crippen LogP contribution >= 0.6 is 0 Å². The van der Waals surface area contributed by atoms with Gasteiger partial charge in [-0.2, -0.15) is 0 Å². The van der Waals surface area contributed by atoms with E-state index in [2.05, 4.69) is 11.9 Å². The summed E-state index contributed by atoms with van der Waals surface area (Å²) in [6.45, 7) is 4.75. The predicted octanol–water partition coefficient (Wildman–Crippen LogP) is 0.524. The van der Waals surface area contributed by atoms with E-state index in [1.807, 2.05) is 18.9 Å². The van der Waals surface area contributed by atoms with Gasteiger partial charge in [0.2, 0.25) is 5.91 Å². The van der Waals surface area contributed by atoms with Gasteiger partial charge >= 0.3 is 0 Å². The number of carbonyl (C=O) groups is 1. The molecule has 0 aromatic carbocycles. The van der Waals surface area contributed by atoms with Crippen LogP contribution < -0.4 is 5.73 Å². The summed E-state index contributed by atoms with van der Waals surface area (Å²) in [7, 11) is 4.07. The molecule has 1 fully saturated rings. The predicted molar refractivity (Wildman–Crippen MR) is 66.1 cm³/mol. The Hall–Kier alpha value is -0.610. The molecule has 0 aromatic heterocycles. The van der Waals surface area contributed by atoms with E-state index in [0.29, 0.717) is 12.6 Å². The average molecular weight is 227 g/mol. The molecule has 0 bridgehead atoms. The first-order chi connectivity index (χ1) is 7.56. The fraction of sp³-hybridized carbons (Fsp3) is 0.917. The molecule has 4 nitrogen and oxygen atoms in total. The zero-order valence-corrected chi connectivity index (χ0v) is 10.8. The lowest BCUT2D eigenvalue weighted by Crippen LogP contribution is -2.46. The van der Waals surface area contributed by atoms with Gasteiger partial charge in [0.05, 0.1) is 0 Å². The van der Waals surface area contributed by atoms with Crippen molar-refractivity contribution in [3.05, 3.63) is 0 Å². The van der Waals surface area contributed by atoms with E-state index in [0.717, 1.165) is 32.4 Å². The minimum atomic E-state index is 0.0645. The van der Waals surface area contributed by atoms with E-state index in [-0.39, 0.29) is 11.8 Å². The highest BCUT2D eigenvalue weighted by Crippen LogP contribution is 2.17. The Labute approximate surface area is 98.8 Å². The lowest BCUT2D eigenvalue weighted by Gasteiger charge is -2.36. The van der Waals surface area contributed by atoms with E-state index < -0.39 is 0 Å². The molecule has 0 aromatic rings. The summed E-state index contributed by atoms with van der Waals surface area (Å²) < 4.78 is 0. The molecule has 2 N–H and O–H groups in total. The van der Waals surface area contributed by atoms with Crippen molar-refractivity contribution < 1.29 is 4.79 Å². The third-order valence-electron chi connectivity index (χ3n) is 3.60. The van der Waals surface area contributed by atoms with Gasteiger partial charge in [-0.15, -0.1) is 0 Å². The summed E-state index contributed by atoms with van der Waals surface area (Å²) in [6.07, 6.45) is 2.97. The molecule has 1 saturated heterocycles. The van der Waals surface area contributed by atoms with Gasteiger partial charge in [-0.05, 0) is 45.9 Å². The normalized spacial score (nSPS) is 20.8. The van der Waals surface area contributed by atoms with Gasteiger partial charge in [-0.1, -0.05) is 6.92 Å². The van der Waals surface area contributed by atoms with Crippen molar-refractivity contribution >= 4 is 5.91 Å². The summed E-state index contributed by atoms with van der Waals surface area (Å²) in [5.74, 6) is 0.314. The molecule has 1 unspecified atom stereocenters. The van der Waals surface area contributed by atoms with Gasteiger partial charge in [-0.3, -0.25) is 4.79 Å². The fourth-order valence-electron chi connectivity index (χ4n) is 2.28. The second-order valence-electron chi connectivity index (χ2n) is 4.96. The second-order valence-corrected chi connectivity index (χ2v) is 4.96. The largest absolute Gasteiger partial charge is 0.342 e. The zero-order valence-electron chi connectivity index (χ0n) is 10.8. The molecule has 1 aliphatic heterocycles. The molecule has 16 heavy (non-hydrogen) atoms. The number of likely N-dealkylation sites (tertiary alicyclic amines) is 1. The van der Waals surface area contributed by atoms with Gasteiger partial charge in [0.15, 0.2) is 0 Å². The quantitative estimate of drug-likeness (QED) is 0.762. The molecule has 1 rings (SSSR count). The van der Waals surface area contributed by atoms with Crippen LogP contribution in [0.2, 0.25) is 0 Å². The van der Waals surface area contributed by atoms with Crippen molar-refractivity contribution in [3.63, 3.8) is 0 Å². The molecule has 1 amide bonds. The minimum Gasteiger partial charge on any atom is -0.342 e. The maximum absolute atomic E-state index is 12.1. The Morgan fingerprint density at radius 3 is 2.56 bits per heavy atom. The highest BCUT2D eigenvalue weighted by atomic mass is 16.2. The van der Waals surface area contributed by atoms with E-state index in [1.165, 1.54) is 0 Å². The molecule has 4 heteroatoms. The van der Waals surface area contributed by atoms with Crippen LogP contribution in [0.4, 0.5) is 0 Å². The van der Waals surface area contributed by atoms with Gasteiger partial charge < -0.3 is 15.5 Å². The van der Waals surface area contributed by atoms with Crippen LogP contribution in [0.5, 0.6) is 0 Å².